The van der Waals surface area contributed by atoms with Gasteiger partial charge in [-0.1, -0.05) is 30.3 Å². The number of carbonyl (C=O) groups excluding carboxylic acids is 1. The fourth-order valence-electron chi connectivity index (χ4n) is 3.24. The van der Waals surface area contributed by atoms with Crippen molar-refractivity contribution in [3.05, 3.63) is 96.8 Å². The van der Waals surface area contributed by atoms with Crippen LogP contribution in [0.1, 0.15) is 16.1 Å². The molecule has 1 amide bonds. The summed E-state index contributed by atoms with van der Waals surface area (Å²) >= 11 is 0. The summed E-state index contributed by atoms with van der Waals surface area (Å²) in [5.74, 6) is 0.629. The van der Waals surface area contributed by atoms with Crippen LogP contribution in [0.25, 0.3) is 11.0 Å². The fraction of sp³-hybridized carbons (Fsp3) is 0.0435. The van der Waals surface area contributed by atoms with E-state index in [0.717, 1.165) is 22.3 Å². The lowest BCUT2D eigenvalue weighted by molar-refractivity contribution is 0.0996. The van der Waals surface area contributed by atoms with E-state index in [1.807, 2.05) is 35.0 Å². The number of nitrogens with one attached hydrogen (secondary N) is 2. The Hall–Kier alpha value is -4.46. The number of aromatic nitrogens is 4. The highest BCUT2D eigenvalue weighted by Gasteiger charge is 2.11. The Labute approximate surface area is 177 Å². The summed E-state index contributed by atoms with van der Waals surface area (Å²) in [4.78, 5) is 20.9. The van der Waals surface area contributed by atoms with Crippen LogP contribution in [-0.2, 0) is 6.54 Å². The first-order chi connectivity index (χ1) is 15.3. The minimum atomic E-state index is -0.297. The summed E-state index contributed by atoms with van der Waals surface area (Å²) in [6, 6.07) is 20.7. The first-order valence-corrected chi connectivity index (χ1v) is 9.69. The van der Waals surface area contributed by atoms with Crippen molar-refractivity contribution in [2.45, 2.75) is 6.54 Å². The van der Waals surface area contributed by atoms with Gasteiger partial charge in [-0.2, -0.15) is 5.10 Å². The van der Waals surface area contributed by atoms with Crippen LogP contribution in [0.4, 0.5) is 17.2 Å². The molecule has 3 aromatic heterocycles. The summed E-state index contributed by atoms with van der Waals surface area (Å²) < 4.78 is 6.96. The van der Waals surface area contributed by atoms with Gasteiger partial charge in [0.2, 0.25) is 0 Å². The Bertz CT molecular complexity index is 1310. The first-order valence-electron chi connectivity index (χ1n) is 9.69. The minimum absolute atomic E-state index is 0.262. The maximum Gasteiger partial charge on any atom is 0.291 e. The third-order valence-electron chi connectivity index (χ3n) is 4.76. The van der Waals surface area contributed by atoms with Crippen molar-refractivity contribution in [1.82, 2.24) is 19.7 Å². The molecular weight excluding hydrogens is 392 g/mol. The van der Waals surface area contributed by atoms with Gasteiger partial charge in [0, 0.05) is 11.4 Å². The third kappa shape index (κ3) is 3.99. The molecule has 0 radical (unpaired) electrons. The molecule has 0 saturated heterocycles. The molecule has 0 unspecified atom stereocenters. The summed E-state index contributed by atoms with van der Waals surface area (Å²) in [5, 5.41) is 11.4. The predicted molar refractivity (Wildman–Crippen MR) is 117 cm³/mol. The van der Waals surface area contributed by atoms with Gasteiger partial charge in [0.25, 0.3) is 5.91 Å². The average molecular weight is 410 g/mol. The van der Waals surface area contributed by atoms with E-state index in [0.29, 0.717) is 18.1 Å². The van der Waals surface area contributed by atoms with E-state index >= 15 is 0 Å². The molecule has 2 N–H and O–H groups in total. The van der Waals surface area contributed by atoms with Gasteiger partial charge in [0.05, 0.1) is 24.4 Å². The van der Waals surface area contributed by atoms with E-state index in [1.54, 1.807) is 30.5 Å². The molecule has 0 fully saturated rings. The van der Waals surface area contributed by atoms with Crippen LogP contribution in [-0.4, -0.2) is 25.7 Å². The number of furan rings is 1. The molecule has 0 atom stereocenters. The van der Waals surface area contributed by atoms with E-state index in [1.165, 1.54) is 12.6 Å². The molecule has 2 aromatic carbocycles. The molecule has 3 heterocycles. The maximum absolute atomic E-state index is 12.1. The van der Waals surface area contributed by atoms with Gasteiger partial charge in [-0.15, -0.1) is 0 Å². The Morgan fingerprint density at radius 3 is 2.52 bits per heavy atom. The summed E-state index contributed by atoms with van der Waals surface area (Å²) in [7, 11) is 0. The zero-order valence-electron chi connectivity index (χ0n) is 16.4. The van der Waals surface area contributed by atoms with Crippen molar-refractivity contribution in [3.63, 3.8) is 0 Å². The summed E-state index contributed by atoms with van der Waals surface area (Å²) in [5.41, 5.74) is 3.39. The molecule has 152 valence electrons. The van der Waals surface area contributed by atoms with Gasteiger partial charge in [-0.25, -0.2) is 14.6 Å². The van der Waals surface area contributed by atoms with Crippen LogP contribution in [0.3, 0.4) is 0 Å². The molecule has 0 aliphatic carbocycles. The number of nitrogens with zero attached hydrogens (tertiary/aromatic N) is 4. The monoisotopic (exact) mass is 410 g/mol. The smallest absolute Gasteiger partial charge is 0.291 e. The lowest BCUT2D eigenvalue weighted by Crippen LogP contribution is -2.10. The fourth-order valence-corrected chi connectivity index (χ4v) is 3.24. The number of anilines is 3. The lowest BCUT2D eigenvalue weighted by atomic mass is 10.2. The van der Waals surface area contributed by atoms with Crippen LogP contribution in [0.2, 0.25) is 0 Å². The van der Waals surface area contributed by atoms with Crippen molar-refractivity contribution >= 4 is 34.1 Å². The Balaban J connectivity index is 1.33. The maximum atomic E-state index is 12.1. The second kappa shape index (κ2) is 8.11. The number of amides is 1. The number of fused-ring (bicyclic) bond motifs is 1. The van der Waals surface area contributed by atoms with E-state index in [4.69, 9.17) is 4.42 Å². The second-order valence-corrected chi connectivity index (χ2v) is 6.88. The van der Waals surface area contributed by atoms with E-state index < -0.39 is 0 Å². The third-order valence-corrected chi connectivity index (χ3v) is 4.76. The van der Waals surface area contributed by atoms with Gasteiger partial charge < -0.3 is 15.1 Å². The number of rotatable bonds is 6. The van der Waals surface area contributed by atoms with Crippen molar-refractivity contribution in [1.29, 1.82) is 0 Å². The van der Waals surface area contributed by atoms with E-state index in [-0.39, 0.29) is 11.7 Å². The van der Waals surface area contributed by atoms with Crippen molar-refractivity contribution in [3.8, 4) is 0 Å². The number of hydrogen-bond donors (Lipinski definition) is 2. The highest BCUT2D eigenvalue weighted by Crippen LogP contribution is 2.24. The second-order valence-electron chi connectivity index (χ2n) is 6.88. The normalized spacial score (nSPS) is 10.8. The molecule has 31 heavy (non-hydrogen) atoms. The molecule has 0 aliphatic heterocycles. The SMILES string of the molecule is O=C(Nc1ccc(Nc2ncnc3c2cnn3Cc2ccccc2)cc1)c1ccco1. The predicted octanol–water partition coefficient (Wildman–Crippen LogP) is 4.46. The van der Waals surface area contributed by atoms with Crippen molar-refractivity contribution < 1.29 is 9.21 Å². The van der Waals surface area contributed by atoms with Crippen molar-refractivity contribution in [2.24, 2.45) is 0 Å². The standard InChI is InChI=1S/C23H18N6O2/c30-23(20-7-4-12-31-20)28-18-10-8-17(9-11-18)27-21-19-13-26-29(22(19)25-15-24-21)14-16-5-2-1-3-6-16/h1-13,15H,14H2,(H,28,30)(H,24,25,27). The Morgan fingerprint density at radius 1 is 0.935 bits per heavy atom. The largest absolute Gasteiger partial charge is 0.459 e. The molecule has 5 aromatic rings. The van der Waals surface area contributed by atoms with Gasteiger partial charge in [-0.3, -0.25) is 4.79 Å². The summed E-state index contributed by atoms with van der Waals surface area (Å²) in [6.45, 7) is 0.630. The van der Waals surface area contributed by atoms with Gasteiger partial charge in [0.1, 0.15) is 12.1 Å². The van der Waals surface area contributed by atoms with Crippen LogP contribution >= 0.6 is 0 Å². The topological polar surface area (TPSA) is 97.9 Å². The molecule has 0 saturated carbocycles. The Kier molecular flexibility index (Phi) is 4.86. The van der Waals surface area contributed by atoms with Crippen LogP contribution in [0, 0.1) is 0 Å². The molecule has 0 bridgehead atoms. The average Bonchev–Trinajstić information content (AvgIpc) is 3.47. The molecular formula is C23H18N6O2. The van der Waals surface area contributed by atoms with Gasteiger partial charge in [-0.05, 0) is 42.0 Å². The van der Waals surface area contributed by atoms with E-state index in [2.05, 4.69) is 37.8 Å². The van der Waals surface area contributed by atoms with Gasteiger partial charge in [0.15, 0.2) is 11.4 Å². The lowest BCUT2D eigenvalue weighted by Gasteiger charge is -2.08. The van der Waals surface area contributed by atoms with Crippen LogP contribution in [0.15, 0.2) is 89.9 Å². The molecule has 0 spiro atoms. The Morgan fingerprint density at radius 2 is 1.74 bits per heavy atom. The number of benzene rings is 2. The highest BCUT2D eigenvalue weighted by molar-refractivity contribution is 6.02. The zero-order valence-corrected chi connectivity index (χ0v) is 16.4. The number of carbonyl (C=O) groups is 1. The summed E-state index contributed by atoms with van der Waals surface area (Å²) in [6.07, 6.45) is 4.75. The quantitative estimate of drug-likeness (QED) is 0.429. The van der Waals surface area contributed by atoms with Crippen LogP contribution in [0.5, 0.6) is 0 Å². The highest BCUT2D eigenvalue weighted by atomic mass is 16.3. The number of hydrogen-bond acceptors (Lipinski definition) is 6. The molecule has 0 aliphatic rings. The minimum Gasteiger partial charge on any atom is -0.459 e. The van der Waals surface area contributed by atoms with Crippen LogP contribution < -0.4 is 10.6 Å². The first kappa shape index (κ1) is 18.6. The molecule has 8 nitrogen and oxygen atoms in total. The van der Waals surface area contributed by atoms with Crippen molar-refractivity contribution in [2.75, 3.05) is 10.6 Å². The molecule has 5 rings (SSSR count). The van der Waals surface area contributed by atoms with Gasteiger partial charge >= 0.3 is 0 Å². The zero-order chi connectivity index (χ0) is 21.0. The molecule has 8 heteroatoms. The van der Waals surface area contributed by atoms with E-state index in [9.17, 15) is 4.79 Å².